The van der Waals surface area contributed by atoms with Crippen LogP contribution < -0.4 is 15.8 Å². The van der Waals surface area contributed by atoms with Gasteiger partial charge in [-0.15, -0.1) is 0 Å². The van der Waals surface area contributed by atoms with E-state index in [9.17, 15) is 28.7 Å². The summed E-state index contributed by atoms with van der Waals surface area (Å²) in [5.41, 5.74) is 1.04. The molecular weight excluding hydrogens is 444 g/mol. The lowest BCUT2D eigenvalue weighted by molar-refractivity contribution is 0.0698. The van der Waals surface area contributed by atoms with Gasteiger partial charge in [-0.25, -0.2) is 18.6 Å². The van der Waals surface area contributed by atoms with Gasteiger partial charge in [0.05, 0.1) is 24.7 Å². The second-order valence-electron chi connectivity index (χ2n) is 8.45. The van der Waals surface area contributed by atoms with Gasteiger partial charge in [-0.05, 0) is 37.6 Å². The number of benzene rings is 1. The number of aromatic carboxylic acids is 1. The molecule has 3 aromatic rings. The molecule has 1 aromatic carbocycles. The smallest absolute Gasteiger partial charge is 0.337 e. The average molecular weight is 467 g/mol. The second-order valence-corrected chi connectivity index (χ2v) is 8.45. The first-order valence-electron chi connectivity index (χ1n) is 10.8. The summed E-state index contributed by atoms with van der Waals surface area (Å²) in [4.78, 5) is 30.6. The maximum Gasteiger partial charge on any atom is 0.337 e. The van der Waals surface area contributed by atoms with Crippen LogP contribution in [0, 0.1) is 18.3 Å². The Morgan fingerprint density at radius 2 is 1.97 bits per heavy atom. The van der Waals surface area contributed by atoms with Crippen molar-refractivity contribution in [1.29, 1.82) is 5.26 Å². The monoisotopic (exact) mass is 467 g/mol. The molecule has 3 heterocycles. The zero-order valence-electron chi connectivity index (χ0n) is 18.6. The summed E-state index contributed by atoms with van der Waals surface area (Å²) in [6, 6.07) is 9.58. The molecule has 0 unspecified atom stereocenters. The number of anilines is 2. The van der Waals surface area contributed by atoms with Crippen LogP contribution in [-0.2, 0) is 0 Å². The Hall–Kier alpha value is -4.00. The van der Waals surface area contributed by atoms with Crippen molar-refractivity contribution in [2.24, 2.45) is 0 Å². The molecule has 1 aliphatic heterocycles. The van der Waals surface area contributed by atoms with Crippen molar-refractivity contribution in [3.05, 3.63) is 69.1 Å². The van der Waals surface area contributed by atoms with E-state index in [1.165, 1.54) is 15.4 Å². The fourth-order valence-corrected chi connectivity index (χ4v) is 4.30. The maximum atomic E-state index is 14.1. The van der Waals surface area contributed by atoms with Gasteiger partial charge in [-0.3, -0.25) is 9.20 Å². The van der Waals surface area contributed by atoms with Gasteiger partial charge in [-0.2, -0.15) is 5.26 Å². The van der Waals surface area contributed by atoms with Gasteiger partial charge in [-0.1, -0.05) is 12.1 Å². The summed E-state index contributed by atoms with van der Waals surface area (Å²) >= 11 is 0. The van der Waals surface area contributed by atoms with Crippen LogP contribution in [0.25, 0.3) is 5.65 Å². The SMILES string of the molecule is Cc1cc([C@@H](C)Nc2ccccc2C(=O)O)c2nc(N3C[C@H](F)C[C@@H](F)C3)c(C#N)c(=O)n2c1. The van der Waals surface area contributed by atoms with Gasteiger partial charge in [0, 0.05) is 23.9 Å². The van der Waals surface area contributed by atoms with Crippen molar-refractivity contribution >= 4 is 23.1 Å². The molecule has 0 saturated carbocycles. The number of hydrogen-bond donors (Lipinski definition) is 2. The van der Waals surface area contributed by atoms with Crippen LogP contribution in [0.1, 0.15) is 46.4 Å². The van der Waals surface area contributed by atoms with Crippen LogP contribution in [0.2, 0.25) is 0 Å². The normalized spacial score (nSPS) is 19.0. The number of nitrogens with one attached hydrogen (secondary N) is 1. The number of fused-ring (bicyclic) bond motifs is 1. The summed E-state index contributed by atoms with van der Waals surface area (Å²) in [6.07, 6.45) is -1.58. The molecule has 2 N–H and O–H groups in total. The Kier molecular flexibility index (Phi) is 6.20. The Morgan fingerprint density at radius 1 is 1.29 bits per heavy atom. The third kappa shape index (κ3) is 4.29. The molecule has 3 atom stereocenters. The van der Waals surface area contributed by atoms with Crippen molar-refractivity contribution < 1.29 is 18.7 Å². The van der Waals surface area contributed by atoms with Gasteiger partial charge >= 0.3 is 5.97 Å². The molecule has 0 spiro atoms. The molecule has 8 nitrogen and oxygen atoms in total. The summed E-state index contributed by atoms with van der Waals surface area (Å²) in [5.74, 6) is -1.15. The van der Waals surface area contributed by atoms with Gasteiger partial charge < -0.3 is 15.3 Å². The lowest BCUT2D eigenvalue weighted by Gasteiger charge is -2.32. The predicted molar refractivity (Wildman–Crippen MR) is 123 cm³/mol. The highest BCUT2D eigenvalue weighted by atomic mass is 19.1. The van der Waals surface area contributed by atoms with Gasteiger partial charge in [0.2, 0.25) is 0 Å². The first kappa shape index (κ1) is 23.2. The van der Waals surface area contributed by atoms with E-state index in [1.54, 1.807) is 44.3 Å². The molecule has 176 valence electrons. The molecule has 0 amide bonds. The van der Waals surface area contributed by atoms with E-state index in [1.807, 2.05) is 6.07 Å². The lowest BCUT2D eigenvalue weighted by atomic mass is 10.1. The number of para-hydroxylation sites is 1. The van der Waals surface area contributed by atoms with Crippen LogP contribution in [0.4, 0.5) is 20.3 Å². The van der Waals surface area contributed by atoms with E-state index in [-0.39, 0.29) is 42.1 Å². The number of aromatic nitrogens is 2. The molecule has 0 bridgehead atoms. The van der Waals surface area contributed by atoms with Crippen LogP contribution >= 0.6 is 0 Å². The molecule has 34 heavy (non-hydrogen) atoms. The minimum atomic E-state index is -1.44. The minimum Gasteiger partial charge on any atom is -0.478 e. The van der Waals surface area contributed by atoms with Crippen LogP contribution in [0.15, 0.2) is 41.3 Å². The van der Waals surface area contributed by atoms with Gasteiger partial charge in [0.25, 0.3) is 5.56 Å². The molecule has 0 radical (unpaired) electrons. The van der Waals surface area contributed by atoms with E-state index in [4.69, 9.17) is 0 Å². The number of halogens is 2. The Labute approximate surface area is 194 Å². The molecule has 10 heteroatoms. The Balaban J connectivity index is 1.86. The Bertz CT molecular complexity index is 1360. The Morgan fingerprint density at radius 3 is 2.62 bits per heavy atom. The van der Waals surface area contributed by atoms with Gasteiger partial charge in [0.1, 0.15) is 24.1 Å². The highest BCUT2D eigenvalue weighted by molar-refractivity contribution is 5.94. The number of carboxylic acid groups (broad SMARTS) is 1. The third-order valence-corrected chi connectivity index (χ3v) is 5.83. The fourth-order valence-electron chi connectivity index (χ4n) is 4.30. The van der Waals surface area contributed by atoms with Gasteiger partial charge in [0.15, 0.2) is 11.4 Å². The second kappa shape index (κ2) is 9.09. The number of piperidine rings is 1. The highest BCUT2D eigenvalue weighted by Gasteiger charge is 2.31. The maximum absolute atomic E-state index is 14.1. The molecule has 2 aromatic heterocycles. The summed E-state index contributed by atoms with van der Waals surface area (Å²) in [6.45, 7) is 3.23. The zero-order chi connectivity index (χ0) is 24.6. The van der Waals surface area contributed by atoms with Crippen LogP contribution in [-0.4, -0.2) is 45.9 Å². The third-order valence-electron chi connectivity index (χ3n) is 5.83. The van der Waals surface area contributed by atoms with E-state index < -0.39 is 29.9 Å². The topological polar surface area (TPSA) is 111 Å². The van der Waals surface area contributed by atoms with Crippen molar-refractivity contribution in [2.75, 3.05) is 23.3 Å². The largest absolute Gasteiger partial charge is 0.478 e. The van der Waals surface area contributed by atoms with Crippen molar-refractivity contribution in [3.8, 4) is 6.07 Å². The summed E-state index contributed by atoms with van der Waals surface area (Å²) < 4.78 is 29.4. The molecule has 0 aliphatic carbocycles. The predicted octanol–water partition coefficient (Wildman–Crippen LogP) is 3.63. The molecule has 1 saturated heterocycles. The number of hydrogen-bond acceptors (Lipinski definition) is 6. The van der Waals surface area contributed by atoms with Crippen molar-refractivity contribution in [1.82, 2.24) is 9.38 Å². The average Bonchev–Trinajstić information content (AvgIpc) is 2.78. The number of rotatable bonds is 5. The standard InChI is InChI=1S/C24H23F2N5O3/c1-13-7-18(14(2)28-20-6-4-3-5-17(20)24(33)34)22-29-21(19(9-27)23(32)31(22)10-13)30-11-15(25)8-16(26)12-30/h3-7,10,14-16,28H,8,11-12H2,1-2H3,(H,33,34)/t14-,15-,16-/m1/s1. The first-order chi connectivity index (χ1) is 16.2. The highest BCUT2D eigenvalue weighted by Crippen LogP contribution is 2.28. The number of nitriles is 1. The summed E-state index contributed by atoms with van der Waals surface area (Å²) in [5, 5.41) is 22.3. The molecule has 1 fully saturated rings. The zero-order valence-corrected chi connectivity index (χ0v) is 18.6. The number of alkyl halides is 2. The fraction of sp³-hybridized carbons (Fsp3) is 0.333. The summed E-state index contributed by atoms with van der Waals surface area (Å²) in [7, 11) is 0. The number of pyridine rings is 1. The lowest BCUT2D eigenvalue weighted by Crippen LogP contribution is -2.44. The van der Waals surface area contributed by atoms with E-state index in [0.29, 0.717) is 16.8 Å². The van der Waals surface area contributed by atoms with E-state index in [0.717, 1.165) is 0 Å². The molecule has 1 aliphatic rings. The molecule has 4 rings (SSSR count). The number of carbonyl (C=O) groups is 1. The van der Waals surface area contributed by atoms with Crippen LogP contribution in [0.5, 0.6) is 0 Å². The first-order valence-corrected chi connectivity index (χ1v) is 10.8. The van der Waals surface area contributed by atoms with E-state index in [2.05, 4.69) is 10.3 Å². The number of nitrogens with zero attached hydrogens (tertiary/aromatic N) is 4. The van der Waals surface area contributed by atoms with Crippen molar-refractivity contribution in [3.63, 3.8) is 0 Å². The van der Waals surface area contributed by atoms with E-state index >= 15 is 0 Å². The minimum absolute atomic E-state index is 0.0549. The quantitative estimate of drug-likeness (QED) is 0.589. The molecular formula is C24H23F2N5O3. The van der Waals surface area contributed by atoms with Crippen molar-refractivity contribution in [2.45, 2.75) is 38.7 Å². The van der Waals surface area contributed by atoms with Crippen LogP contribution in [0.3, 0.4) is 0 Å². The number of carboxylic acids is 1. The number of aryl methyl sites for hydroxylation is 1.